The average Bonchev–Trinajstić information content (AvgIpc) is 2.81. The van der Waals surface area contributed by atoms with Crippen molar-refractivity contribution in [2.45, 2.75) is 6.04 Å². The van der Waals surface area contributed by atoms with E-state index in [9.17, 15) is 0 Å². The summed E-state index contributed by atoms with van der Waals surface area (Å²) in [6.07, 6.45) is 0. The second-order valence-corrected chi connectivity index (χ2v) is 5.27. The number of hydrogen-bond acceptors (Lipinski definition) is 3. The highest BCUT2D eigenvalue weighted by Gasteiger charge is 2.15. The Hall–Kier alpha value is -0.550. The minimum Gasteiger partial charge on any atom is -0.496 e. The molecule has 2 nitrogen and oxygen atoms in total. The second kappa shape index (κ2) is 6.40. The van der Waals surface area contributed by atoms with E-state index in [1.165, 1.54) is 0 Å². The Kier molecular flexibility index (Phi) is 5.46. The molecule has 0 unspecified atom stereocenters. The van der Waals surface area contributed by atoms with Crippen molar-refractivity contribution in [2.75, 3.05) is 7.11 Å². The third-order valence-corrected chi connectivity index (χ3v) is 3.83. The van der Waals surface area contributed by atoms with Gasteiger partial charge in [0.05, 0.1) is 13.2 Å². The van der Waals surface area contributed by atoms with Gasteiger partial charge < -0.3 is 10.5 Å². The second-order valence-electron chi connectivity index (χ2n) is 3.38. The molecule has 5 heteroatoms. The summed E-state index contributed by atoms with van der Waals surface area (Å²) in [5.41, 5.74) is 7.21. The van der Waals surface area contributed by atoms with Gasteiger partial charge in [-0.25, -0.2) is 0 Å². The molecule has 1 atom stereocenters. The molecule has 1 aromatic heterocycles. The number of rotatable bonds is 3. The van der Waals surface area contributed by atoms with Gasteiger partial charge >= 0.3 is 0 Å². The Balaban J connectivity index is 0.00000144. The molecule has 0 bridgehead atoms. The molecule has 1 aromatic carbocycles. The predicted molar refractivity (Wildman–Crippen MR) is 78.3 cm³/mol. The molecule has 0 saturated carbocycles. The van der Waals surface area contributed by atoms with Gasteiger partial charge in [-0.2, -0.15) is 0 Å². The zero-order valence-corrected chi connectivity index (χ0v) is 12.4. The van der Waals surface area contributed by atoms with Crippen molar-refractivity contribution in [3.63, 3.8) is 0 Å². The van der Waals surface area contributed by atoms with Crippen molar-refractivity contribution >= 4 is 39.7 Å². The molecule has 0 fully saturated rings. The van der Waals surface area contributed by atoms with Crippen LogP contribution in [0, 0.1) is 0 Å². The molecule has 2 rings (SSSR count). The van der Waals surface area contributed by atoms with Gasteiger partial charge in [0.15, 0.2) is 0 Å². The van der Waals surface area contributed by atoms with Gasteiger partial charge in [0.2, 0.25) is 0 Å². The van der Waals surface area contributed by atoms with Crippen LogP contribution >= 0.6 is 39.7 Å². The van der Waals surface area contributed by atoms with Crippen LogP contribution in [-0.4, -0.2) is 7.11 Å². The van der Waals surface area contributed by atoms with Crippen LogP contribution in [0.3, 0.4) is 0 Å². The molecular formula is C12H13BrClNOS. The number of hydrogen-bond donors (Lipinski definition) is 1. The van der Waals surface area contributed by atoms with Gasteiger partial charge in [-0.05, 0) is 29.6 Å². The zero-order chi connectivity index (χ0) is 11.5. The number of halogens is 2. The molecule has 2 aromatic rings. The topological polar surface area (TPSA) is 35.2 Å². The van der Waals surface area contributed by atoms with Crippen molar-refractivity contribution < 1.29 is 4.74 Å². The Bertz CT molecular complexity index is 475. The van der Waals surface area contributed by atoms with Gasteiger partial charge in [-0.1, -0.05) is 22.0 Å². The fourth-order valence-corrected chi connectivity index (χ4v) is 2.69. The van der Waals surface area contributed by atoms with Gasteiger partial charge in [-0.3, -0.25) is 0 Å². The molecule has 92 valence electrons. The molecule has 0 spiro atoms. The predicted octanol–water partition coefficient (Wildman–Crippen LogP) is 3.99. The first-order valence-electron chi connectivity index (χ1n) is 4.85. The summed E-state index contributed by atoms with van der Waals surface area (Å²) in [6, 6.07) is 9.78. The zero-order valence-electron chi connectivity index (χ0n) is 9.22. The minimum atomic E-state index is -0.132. The van der Waals surface area contributed by atoms with Crippen molar-refractivity contribution in [1.29, 1.82) is 0 Å². The third kappa shape index (κ3) is 3.22. The van der Waals surface area contributed by atoms with E-state index in [0.29, 0.717) is 0 Å². The lowest BCUT2D eigenvalue weighted by molar-refractivity contribution is 0.408. The van der Waals surface area contributed by atoms with Crippen LogP contribution in [0.1, 0.15) is 16.5 Å². The van der Waals surface area contributed by atoms with Crippen LogP contribution in [0.15, 0.2) is 40.2 Å². The Morgan fingerprint density at radius 2 is 2.12 bits per heavy atom. The Morgan fingerprint density at radius 3 is 2.71 bits per heavy atom. The molecule has 0 aliphatic heterocycles. The largest absolute Gasteiger partial charge is 0.496 e. The first-order valence-corrected chi connectivity index (χ1v) is 6.52. The molecule has 1 heterocycles. The highest BCUT2D eigenvalue weighted by molar-refractivity contribution is 9.10. The van der Waals surface area contributed by atoms with E-state index in [0.717, 1.165) is 20.7 Å². The van der Waals surface area contributed by atoms with Crippen molar-refractivity contribution in [3.05, 3.63) is 50.6 Å². The molecular weight excluding hydrogens is 322 g/mol. The summed E-state index contributed by atoms with van der Waals surface area (Å²) in [4.78, 5) is 1.14. The van der Waals surface area contributed by atoms with Crippen molar-refractivity contribution in [2.24, 2.45) is 5.73 Å². The summed E-state index contributed by atoms with van der Waals surface area (Å²) >= 11 is 5.10. The van der Waals surface area contributed by atoms with Crippen molar-refractivity contribution in [1.82, 2.24) is 0 Å². The first kappa shape index (κ1) is 14.5. The third-order valence-electron chi connectivity index (χ3n) is 2.38. The van der Waals surface area contributed by atoms with Crippen LogP contribution in [0.25, 0.3) is 0 Å². The fourth-order valence-electron chi connectivity index (χ4n) is 1.57. The molecule has 0 aliphatic rings. The quantitative estimate of drug-likeness (QED) is 0.921. The maximum absolute atomic E-state index is 6.22. The molecule has 0 saturated heterocycles. The molecule has 2 N–H and O–H groups in total. The van der Waals surface area contributed by atoms with Gasteiger partial charge in [0.25, 0.3) is 0 Å². The number of thiophene rings is 1. The van der Waals surface area contributed by atoms with E-state index in [1.54, 1.807) is 18.4 Å². The van der Waals surface area contributed by atoms with Gasteiger partial charge in [-0.15, -0.1) is 23.7 Å². The monoisotopic (exact) mass is 333 g/mol. The molecule has 17 heavy (non-hydrogen) atoms. The normalized spacial score (nSPS) is 11.7. The molecule has 0 radical (unpaired) electrons. The summed E-state index contributed by atoms with van der Waals surface area (Å²) in [6.45, 7) is 0. The maximum atomic E-state index is 6.22. The number of nitrogens with two attached hydrogens (primary N) is 1. The van der Waals surface area contributed by atoms with E-state index >= 15 is 0 Å². The van der Waals surface area contributed by atoms with Crippen LogP contribution < -0.4 is 10.5 Å². The summed E-state index contributed by atoms with van der Waals surface area (Å²) in [5.74, 6) is 0.823. The highest BCUT2D eigenvalue weighted by atomic mass is 79.9. The van der Waals surface area contributed by atoms with E-state index in [-0.39, 0.29) is 18.4 Å². The molecule has 0 amide bonds. The van der Waals surface area contributed by atoms with E-state index < -0.39 is 0 Å². The molecule has 0 aliphatic carbocycles. The lowest BCUT2D eigenvalue weighted by Crippen LogP contribution is -2.11. The smallest absolute Gasteiger partial charge is 0.124 e. The summed E-state index contributed by atoms with van der Waals surface area (Å²) in [7, 11) is 1.66. The van der Waals surface area contributed by atoms with E-state index in [4.69, 9.17) is 10.5 Å². The van der Waals surface area contributed by atoms with Crippen LogP contribution in [0.2, 0.25) is 0 Å². The van der Waals surface area contributed by atoms with Crippen LogP contribution in [-0.2, 0) is 0 Å². The fraction of sp³-hybridized carbons (Fsp3) is 0.167. The van der Waals surface area contributed by atoms with Gasteiger partial charge in [0, 0.05) is 14.9 Å². The summed E-state index contributed by atoms with van der Waals surface area (Å²) < 4.78 is 6.33. The minimum absolute atomic E-state index is 0. The maximum Gasteiger partial charge on any atom is 0.124 e. The SMILES string of the molecule is COc1ccc(Br)cc1[C@H](N)c1cccs1.Cl. The number of methoxy groups -OCH3 is 1. The van der Waals surface area contributed by atoms with Crippen LogP contribution in [0.4, 0.5) is 0 Å². The number of benzene rings is 1. The van der Waals surface area contributed by atoms with E-state index in [2.05, 4.69) is 15.9 Å². The Morgan fingerprint density at radius 1 is 1.35 bits per heavy atom. The standard InChI is InChI=1S/C12H12BrNOS.ClH/c1-15-10-5-4-8(13)7-9(10)12(14)11-3-2-6-16-11;/h2-7,12H,14H2,1H3;1H/t12-;/m0./s1. The van der Waals surface area contributed by atoms with E-state index in [1.807, 2.05) is 35.7 Å². The first-order chi connectivity index (χ1) is 7.72. The average molecular weight is 335 g/mol. The highest BCUT2D eigenvalue weighted by Crippen LogP contribution is 2.32. The lowest BCUT2D eigenvalue weighted by atomic mass is 10.1. The van der Waals surface area contributed by atoms with Crippen molar-refractivity contribution in [3.8, 4) is 5.75 Å². The Labute approximate surface area is 119 Å². The van der Waals surface area contributed by atoms with Gasteiger partial charge in [0.1, 0.15) is 5.75 Å². The lowest BCUT2D eigenvalue weighted by Gasteiger charge is -2.14. The number of ether oxygens (including phenoxy) is 1. The summed E-state index contributed by atoms with van der Waals surface area (Å²) in [5, 5.41) is 2.03. The van der Waals surface area contributed by atoms with Crippen LogP contribution in [0.5, 0.6) is 5.75 Å².